The van der Waals surface area contributed by atoms with Crippen LogP contribution in [0.5, 0.6) is 0 Å². The molecule has 0 aliphatic carbocycles. The quantitative estimate of drug-likeness (QED) is 0.905. The first-order valence-electron chi connectivity index (χ1n) is 7.02. The predicted molar refractivity (Wildman–Crippen MR) is 84.7 cm³/mol. The summed E-state index contributed by atoms with van der Waals surface area (Å²) in [5.74, 6) is 1.21. The second-order valence-electron chi connectivity index (χ2n) is 5.95. The third-order valence-corrected chi connectivity index (χ3v) is 3.72. The van der Waals surface area contributed by atoms with E-state index in [1.807, 2.05) is 31.2 Å². The third kappa shape index (κ3) is 3.34. The van der Waals surface area contributed by atoms with Crippen LogP contribution < -0.4 is 11.1 Å². The highest BCUT2D eigenvalue weighted by Gasteiger charge is 2.18. The van der Waals surface area contributed by atoms with Gasteiger partial charge in [0.05, 0.1) is 5.56 Å². The van der Waals surface area contributed by atoms with E-state index < -0.39 is 0 Å². The van der Waals surface area contributed by atoms with Crippen molar-refractivity contribution in [3.8, 4) is 0 Å². The number of hydrogen-bond acceptors (Lipinski definition) is 3. The summed E-state index contributed by atoms with van der Waals surface area (Å²) in [6.45, 7) is 8.38. The van der Waals surface area contributed by atoms with E-state index in [-0.39, 0.29) is 11.3 Å². The van der Waals surface area contributed by atoms with Gasteiger partial charge in [-0.2, -0.15) is 0 Å². The zero-order valence-corrected chi connectivity index (χ0v) is 13.0. The van der Waals surface area contributed by atoms with E-state index in [4.69, 9.17) is 10.2 Å². The maximum Gasteiger partial charge on any atom is 0.259 e. The number of aryl methyl sites for hydroxylation is 2. The van der Waals surface area contributed by atoms with Crippen LogP contribution in [-0.2, 0) is 5.41 Å². The summed E-state index contributed by atoms with van der Waals surface area (Å²) in [6.07, 6.45) is 0. The van der Waals surface area contributed by atoms with Crippen molar-refractivity contribution >= 4 is 11.6 Å². The highest BCUT2D eigenvalue weighted by atomic mass is 16.3. The van der Waals surface area contributed by atoms with Crippen molar-refractivity contribution < 1.29 is 9.21 Å². The molecule has 2 aromatic rings. The number of furan rings is 1. The fourth-order valence-electron chi connectivity index (χ4n) is 2.18. The Morgan fingerprint density at radius 2 is 1.86 bits per heavy atom. The molecule has 4 heteroatoms. The molecule has 0 saturated heterocycles. The smallest absolute Gasteiger partial charge is 0.259 e. The number of rotatable bonds is 4. The number of hydrogen-bond donors (Lipinski definition) is 2. The van der Waals surface area contributed by atoms with Crippen LogP contribution in [0.2, 0.25) is 0 Å². The fraction of sp³-hybridized carbons (Fsp3) is 0.353. The topological polar surface area (TPSA) is 68.3 Å². The molecule has 2 rings (SSSR count). The van der Waals surface area contributed by atoms with Gasteiger partial charge in [-0.1, -0.05) is 26.0 Å². The number of anilines is 1. The van der Waals surface area contributed by atoms with Gasteiger partial charge in [0.15, 0.2) is 0 Å². The molecule has 3 N–H and O–H groups in total. The zero-order valence-electron chi connectivity index (χ0n) is 13.0. The number of carbonyl (C=O) groups is 1. The summed E-state index contributed by atoms with van der Waals surface area (Å²) in [4.78, 5) is 12.2. The van der Waals surface area contributed by atoms with E-state index >= 15 is 0 Å². The minimum Gasteiger partial charge on any atom is -0.466 e. The lowest BCUT2D eigenvalue weighted by atomic mass is 9.85. The summed E-state index contributed by atoms with van der Waals surface area (Å²) in [6, 6.07) is 9.53. The molecule has 0 saturated carbocycles. The average molecular weight is 286 g/mol. The Morgan fingerprint density at radius 1 is 1.24 bits per heavy atom. The maximum atomic E-state index is 12.2. The van der Waals surface area contributed by atoms with Gasteiger partial charge >= 0.3 is 0 Å². The van der Waals surface area contributed by atoms with Gasteiger partial charge in [-0.25, -0.2) is 0 Å². The van der Waals surface area contributed by atoms with Crippen molar-refractivity contribution in [3.05, 3.63) is 53.0 Å². The highest BCUT2D eigenvalue weighted by Crippen LogP contribution is 2.23. The van der Waals surface area contributed by atoms with Gasteiger partial charge in [-0.05, 0) is 37.6 Å². The molecule has 4 nitrogen and oxygen atoms in total. The average Bonchev–Trinajstić information content (AvgIpc) is 2.78. The molecule has 0 fully saturated rings. The molecule has 0 radical (unpaired) electrons. The van der Waals surface area contributed by atoms with Crippen molar-refractivity contribution in [2.45, 2.75) is 33.1 Å². The second-order valence-corrected chi connectivity index (χ2v) is 5.95. The molecule has 1 aromatic carbocycles. The third-order valence-electron chi connectivity index (χ3n) is 3.72. The van der Waals surface area contributed by atoms with Crippen molar-refractivity contribution in [2.24, 2.45) is 5.73 Å². The molecular weight excluding hydrogens is 264 g/mol. The van der Waals surface area contributed by atoms with Gasteiger partial charge in [-0.3, -0.25) is 4.79 Å². The molecule has 1 aromatic heterocycles. The first-order chi connectivity index (χ1) is 9.83. The Labute approximate surface area is 125 Å². The van der Waals surface area contributed by atoms with Gasteiger partial charge in [0, 0.05) is 17.6 Å². The van der Waals surface area contributed by atoms with Crippen molar-refractivity contribution in [2.75, 3.05) is 11.9 Å². The highest BCUT2D eigenvalue weighted by molar-refractivity contribution is 6.05. The van der Waals surface area contributed by atoms with Crippen LogP contribution in [0.1, 0.15) is 41.3 Å². The minimum atomic E-state index is -0.157. The molecule has 0 spiro atoms. The largest absolute Gasteiger partial charge is 0.466 e. The molecule has 1 heterocycles. The van der Waals surface area contributed by atoms with Crippen LogP contribution in [-0.4, -0.2) is 12.5 Å². The standard InChI is InChI=1S/C17H22N2O2/c1-11-9-15(12(2)21-11)16(20)19-14-7-5-13(6-8-14)17(3,4)10-18/h5-9H,10,18H2,1-4H3,(H,19,20). The SMILES string of the molecule is Cc1cc(C(=O)Nc2ccc(C(C)(C)CN)cc2)c(C)o1. The predicted octanol–water partition coefficient (Wildman–Crippen LogP) is 3.39. The molecule has 0 atom stereocenters. The van der Waals surface area contributed by atoms with Crippen molar-refractivity contribution in [1.29, 1.82) is 0 Å². The van der Waals surface area contributed by atoms with Gasteiger partial charge < -0.3 is 15.5 Å². The van der Waals surface area contributed by atoms with Gasteiger partial charge in [0.25, 0.3) is 5.91 Å². The molecule has 0 unspecified atom stereocenters. The Morgan fingerprint density at radius 3 is 2.33 bits per heavy atom. The van der Waals surface area contributed by atoms with E-state index in [0.29, 0.717) is 17.9 Å². The molecule has 1 amide bonds. The van der Waals surface area contributed by atoms with E-state index in [1.165, 1.54) is 0 Å². The van der Waals surface area contributed by atoms with Crippen molar-refractivity contribution in [1.82, 2.24) is 0 Å². The first-order valence-corrected chi connectivity index (χ1v) is 7.02. The van der Waals surface area contributed by atoms with Crippen LogP contribution in [0, 0.1) is 13.8 Å². The van der Waals surface area contributed by atoms with Crippen LogP contribution >= 0.6 is 0 Å². The monoisotopic (exact) mass is 286 g/mol. The maximum absolute atomic E-state index is 12.2. The van der Waals surface area contributed by atoms with E-state index in [1.54, 1.807) is 13.0 Å². The fourth-order valence-corrected chi connectivity index (χ4v) is 2.18. The van der Waals surface area contributed by atoms with Crippen LogP contribution in [0.3, 0.4) is 0 Å². The first kappa shape index (κ1) is 15.3. The number of amides is 1. The normalized spacial score (nSPS) is 11.5. The Bertz CT molecular complexity index is 639. The molecule has 0 aliphatic heterocycles. The van der Waals surface area contributed by atoms with E-state index in [2.05, 4.69) is 19.2 Å². The summed E-state index contributed by atoms with van der Waals surface area (Å²) < 4.78 is 5.38. The summed E-state index contributed by atoms with van der Waals surface area (Å²) in [7, 11) is 0. The Balaban J connectivity index is 2.14. The molecule has 112 valence electrons. The van der Waals surface area contributed by atoms with E-state index in [9.17, 15) is 4.79 Å². The molecular formula is C17H22N2O2. The van der Waals surface area contributed by atoms with Crippen molar-refractivity contribution in [3.63, 3.8) is 0 Å². The number of carbonyl (C=O) groups excluding carboxylic acids is 1. The van der Waals surface area contributed by atoms with E-state index in [0.717, 1.165) is 17.0 Å². The number of benzene rings is 1. The summed E-state index contributed by atoms with van der Waals surface area (Å²) in [5.41, 5.74) is 8.18. The van der Waals surface area contributed by atoms with Gasteiger partial charge in [-0.15, -0.1) is 0 Å². The lowest BCUT2D eigenvalue weighted by Crippen LogP contribution is -2.27. The number of nitrogens with two attached hydrogens (primary N) is 1. The Kier molecular flexibility index (Phi) is 4.19. The van der Waals surface area contributed by atoms with Crippen LogP contribution in [0.15, 0.2) is 34.7 Å². The summed E-state index contributed by atoms with van der Waals surface area (Å²) >= 11 is 0. The molecule has 21 heavy (non-hydrogen) atoms. The van der Waals surface area contributed by atoms with Crippen LogP contribution in [0.4, 0.5) is 5.69 Å². The lowest BCUT2D eigenvalue weighted by molar-refractivity contribution is 0.102. The van der Waals surface area contributed by atoms with Gasteiger partial charge in [0.2, 0.25) is 0 Å². The second kappa shape index (κ2) is 5.74. The summed E-state index contributed by atoms with van der Waals surface area (Å²) in [5, 5.41) is 2.88. The Hall–Kier alpha value is -2.07. The zero-order chi connectivity index (χ0) is 15.6. The minimum absolute atomic E-state index is 0.0687. The van der Waals surface area contributed by atoms with Crippen LogP contribution in [0.25, 0.3) is 0 Å². The lowest BCUT2D eigenvalue weighted by Gasteiger charge is -2.23. The van der Waals surface area contributed by atoms with Gasteiger partial charge in [0.1, 0.15) is 11.5 Å². The molecule has 0 aliphatic rings. The number of nitrogens with one attached hydrogen (secondary N) is 1. The molecule has 0 bridgehead atoms.